The van der Waals surface area contributed by atoms with Gasteiger partial charge in [-0.25, -0.2) is 13.4 Å². The molecule has 0 unspecified atom stereocenters. The van der Waals surface area contributed by atoms with E-state index < -0.39 is 10.0 Å². The van der Waals surface area contributed by atoms with E-state index in [2.05, 4.69) is 11.1 Å². The Morgan fingerprint density at radius 3 is 2.48 bits per heavy atom. The van der Waals surface area contributed by atoms with E-state index in [0.29, 0.717) is 24.3 Å². The maximum Gasteiger partial charge on any atom is 0.243 e. The number of benzene rings is 3. The zero-order chi connectivity index (χ0) is 19.8. The van der Waals surface area contributed by atoms with E-state index in [1.807, 2.05) is 48.5 Å². The molecule has 0 saturated carbocycles. The van der Waals surface area contributed by atoms with E-state index >= 15 is 0 Å². The van der Waals surface area contributed by atoms with Crippen LogP contribution in [0.1, 0.15) is 23.0 Å². The van der Waals surface area contributed by atoms with Crippen molar-refractivity contribution in [1.29, 1.82) is 0 Å². The van der Waals surface area contributed by atoms with Gasteiger partial charge in [-0.2, -0.15) is 4.31 Å². The van der Waals surface area contributed by atoms with Crippen molar-refractivity contribution >= 4 is 21.1 Å². The molecule has 146 valence electrons. The quantitative estimate of drug-likeness (QED) is 0.558. The topological polar surface area (TPSA) is 66.1 Å². The molecule has 0 bridgehead atoms. The van der Waals surface area contributed by atoms with Gasteiger partial charge in [0, 0.05) is 13.0 Å². The van der Waals surface area contributed by atoms with Crippen LogP contribution < -0.4 is 0 Å². The summed E-state index contributed by atoms with van der Waals surface area (Å²) in [4.78, 5) is 8.37. The van der Waals surface area contributed by atoms with Crippen LogP contribution in [0.3, 0.4) is 0 Å². The standard InChI is InChI=1S/C23H21N3O2S/c27-29(28,18-9-2-1-3-10-18)26-15-14-17-8-4-5-11-19(17)22(26)16-23-24-20-12-6-7-13-21(20)25-23/h1-13,22H,14-16H2,(H,24,25)/t22-/m0/s1. The maximum atomic E-state index is 13.5. The fourth-order valence-corrected chi connectivity index (χ4v) is 5.77. The van der Waals surface area contributed by atoms with Gasteiger partial charge in [-0.3, -0.25) is 0 Å². The highest BCUT2D eigenvalue weighted by Gasteiger charge is 2.36. The lowest BCUT2D eigenvalue weighted by Gasteiger charge is -2.36. The number of aromatic amines is 1. The van der Waals surface area contributed by atoms with Gasteiger partial charge < -0.3 is 4.98 Å². The highest BCUT2D eigenvalue weighted by Crippen LogP contribution is 2.36. The first-order chi connectivity index (χ1) is 14.1. The van der Waals surface area contributed by atoms with Gasteiger partial charge in [0.15, 0.2) is 0 Å². The lowest BCUT2D eigenvalue weighted by molar-refractivity contribution is 0.303. The van der Waals surface area contributed by atoms with E-state index in [0.717, 1.165) is 22.4 Å². The number of nitrogens with one attached hydrogen (secondary N) is 1. The molecule has 3 aromatic carbocycles. The smallest absolute Gasteiger partial charge is 0.243 e. The monoisotopic (exact) mass is 403 g/mol. The van der Waals surface area contributed by atoms with Gasteiger partial charge in [0.05, 0.1) is 22.0 Å². The minimum Gasteiger partial charge on any atom is -0.342 e. The minimum atomic E-state index is -3.61. The maximum absolute atomic E-state index is 13.5. The Morgan fingerprint density at radius 2 is 1.66 bits per heavy atom. The summed E-state index contributed by atoms with van der Waals surface area (Å²) < 4.78 is 28.6. The fourth-order valence-electron chi connectivity index (χ4n) is 4.14. The number of hydrogen-bond acceptors (Lipinski definition) is 3. The SMILES string of the molecule is O=S(=O)(c1ccccc1)N1CCc2ccccc2[C@@H]1Cc1nc2ccccc2[nH]1. The summed E-state index contributed by atoms with van der Waals surface area (Å²) in [5.74, 6) is 0.793. The van der Waals surface area contributed by atoms with Gasteiger partial charge in [0.25, 0.3) is 0 Å². The molecule has 0 radical (unpaired) electrons. The van der Waals surface area contributed by atoms with Crippen LogP contribution in [0.2, 0.25) is 0 Å². The van der Waals surface area contributed by atoms with Crippen molar-refractivity contribution in [3.05, 3.63) is 95.8 Å². The summed E-state index contributed by atoms with van der Waals surface area (Å²) >= 11 is 0. The molecule has 0 fully saturated rings. The van der Waals surface area contributed by atoms with Crippen LogP contribution in [-0.2, 0) is 22.9 Å². The second-order valence-electron chi connectivity index (χ2n) is 7.30. The number of nitrogens with zero attached hydrogens (tertiary/aromatic N) is 2. The Morgan fingerprint density at radius 1 is 0.931 bits per heavy atom. The molecule has 0 spiro atoms. The van der Waals surface area contributed by atoms with Gasteiger partial charge in [-0.1, -0.05) is 54.6 Å². The lowest BCUT2D eigenvalue weighted by atomic mass is 9.92. The largest absolute Gasteiger partial charge is 0.342 e. The predicted molar refractivity (Wildman–Crippen MR) is 113 cm³/mol. The third kappa shape index (κ3) is 3.24. The van der Waals surface area contributed by atoms with E-state index in [-0.39, 0.29) is 6.04 Å². The molecule has 1 atom stereocenters. The summed E-state index contributed by atoms with van der Waals surface area (Å²) in [7, 11) is -3.61. The normalized spacial score (nSPS) is 17.3. The van der Waals surface area contributed by atoms with Crippen molar-refractivity contribution in [2.24, 2.45) is 0 Å². The van der Waals surface area contributed by atoms with E-state index in [1.165, 1.54) is 5.56 Å². The van der Waals surface area contributed by atoms with Gasteiger partial charge in [-0.15, -0.1) is 0 Å². The lowest BCUT2D eigenvalue weighted by Crippen LogP contribution is -2.41. The molecular weight excluding hydrogens is 382 g/mol. The summed E-state index contributed by atoms with van der Waals surface area (Å²) in [5.41, 5.74) is 4.11. The average molecular weight is 404 g/mol. The van der Waals surface area contributed by atoms with Crippen molar-refractivity contribution < 1.29 is 8.42 Å². The van der Waals surface area contributed by atoms with Gasteiger partial charge >= 0.3 is 0 Å². The zero-order valence-corrected chi connectivity index (χ0v) is 16.6. The molecule has 1 aromatic heterocycles. The van der Waals surface area contributed by atoms with Crippen LogP contribution in [0.25, 0.3) is 11.0 Å². The van der Waals surface area contributed by atoms with Gasteiger partial charge in [0.2, 0.25) is 10.0 Å². The molecule has 6 heteroatoms. The van der Waals surface area contributed by atoms with Crippen LogP contribution in [0.5, 0.6) is 0 Å². The molecule has 4 aromatic rings. The highest BCUT2D eigenvalue weighted by atomic mass is 32.2. The number of imidazole rings is 1. The molecular formula is C23H21N3O2S. The van der Waals surface area contributed by atoms with E-state index in [1.54, 1.807) is 28.6 Å². The molecule has 1 N–H and O–H groups in total. The van der Waals surface area contributed by atoms with E-state index in [4.69, 9.17) is 4.98 Å². The molecule has 5 nitrogen and oxygen atoms in total. The van der Waals surface area contributed by atoms with Crippen molar-refractivity contribution in [1.82, 2.24) is 14.3 Å². The molecule has 1 aliphatic heterocycles. The van der Waals surface area contributed by atoms with Crippen molar-refractivity contribution in [3.63, 3.8) is 0 Å². The Hall–Kier alpha value is -2.96. The summed E-state index contributed by atoms with van der Waals surface area (Å²) in [6.45, 7) is 0.457. The number of sulfonamides is 1. The average Bonchev–Trinajstić information content (AvgIpc) is 3.17. The zero-order valence-electron chi connectivity index (χ0n) is 15.8. The molecule has 0 amide bonds. The summed E-state index contributed by atoms with van der Waals surface area (Å²) in [6.07, 6.45) is 1.20. The van der Waals surface area contributed by atoms with Crippen LogP contribution in [0, 0.1) is 0 Å². The molecule has 29 heavy (non-hydrogen) atoms. The predicted octanol–water partition coefficient (Wildman–Crippen LogP) is 4.09. The van der Waals surface area contributed by atoms with Gasteiger partial charge in [-0.05, 0) is 41.8 Å². The summed E-state index contributed by atoms with van der Waals surface area (Å²) in [5, 5.41) is 0. The Balaban J connectivity index is 1.59. The highest BCUT2D eigenvalue weighted by molar-refractivity contribution is 7.89. The van der Waals surface area contributed by atoms with Crippen LogP contribution in [0.15, 0.2) is 83.8 Å². The first-order valence-electron chi connectivity index (χ1n) is 9.71. The molecule has 0 aliphatic carbocycles. The first-order valence-corrected chi connectivity index (χ1v) is 11.2. The molecule has 5 rings (SSSR count). The Bertz CT molecular complexity index is 1230. The third-order valence-electron chi connectivity index (χ3n) is 5.54. The van der Waals surface area contributed by atoms with Crippen LogP contribution in [0.4, 0.5) is 0 Å². The van der Waals surface area contributed by atoms with E-state index in [9.17, 15) is 8.42 Å². The number of aromatic nitrogens is 2. The number of rotatable bonds is 4. The number of hydrogen-bond donors (Lipinski definition) is 1. The van der Waals surface area contributed by atoms with Gasteiger partial charge in [0.1, 0.15) is 5.82 Å². The van der Waals surface area contributed by atoms with Crippen LogP contribution in [-0.4, -0.2) is 29.2 Å². The summed E-state index contributed by atoms with van der Waals surface area (Å²) in [6, 6.07) is 24.4. The second kappa shape index (κ2) is 7.13. The first kappa shape index (κ1) is 18.1. The molecule has 2 heterocycles. The minimum absolute atomic E-state index is 0.300. The fraction of sp³-hybridized carbons (Fsp3) is 0.174. The Kier molecular flexibility index (Phi) is 4.45. The second-order valence-corrected chi connectivity index (χ2v) is 9.19. The third-order valence-corrected chi connectivity index (χ3v) is 7.46. The van der Waals surface area contributed by atoms with Crippen molar-refractivity contribution in [2.75, 3.05) is 6.54 Å². The molecule has 1 aliphatic rings. The Labute approximate surface area is 170 Å². The number of H-pyrrole nitrogens is 1. The molecule has 0 saturated heterocycles. The van der Waals surface area contributed by atoms with Crippen LogP contribution >= 0.6 is 0 Å². The number of para-hydroxylation sites is 2. The van der Waals surface area contributed by atoms with Crippen molar-refractivity contribution in [2.45, 2.75) is 23.8 Å². The number of fused-ring (bicyclic) bond motifs is 2. The van der Waals surface area contributed by atoms with Crippen molar-refractivity contribution in [3.8, 4) is 0 Å².